The van der Waals surface area contributed by atoms with E-state index in [-0.39, 0.29) is 5.69 Å². The molecule has 0 radical (unpaired) electrons. The molecule has 21 heavy (non-hydrogen) atoms. The number of rotatable bonds is 3. The minimum absolute atomic E-state index is 0.0601. The SMILES string of the molecule is O=C(Nc1ccc([N+](=O)[O-])cc1)Nc1c(Cl)cccc1Cl. The molecular formula is C13H9Cl2N3O3. The van der Waals surface area contributed by atoms with E-state index >= 15 is 0 Å². The van der Waals surface area contributed by atoms with Crippen LogP contribution in [0.4, 0.5) is 21.9 Å². The van der Waals surface area contributed by atoms with Crippen LogP contribution in [0, 0.1) is 10.1 Å². The smallest absolute Gasteiger partial charge is 0.308 e. The lowest BCUT2D eigenvalue weighted by atomic mass is 10.3. The fourth-order valence-electron chi connectivity index (χ4n) is 1.56. The van der Waals surface area contributed by atoms with Crippen molar-refractivity contribution in [2.24, 2.45) is 0 Å². The third-order valence-corrected chi connectivity index (χ3v) is 3.17. The number of amides is 2. The summed E-state index contributed by atoms with van der Waals surface area (Å²) in [5.74, 6) is 0. The van der Waals surface area contributed by atoms with Gasteiger partial charge in [-0.05, 0) is 24.3 Å². The van der Waals surface area contributed by atoms with Gasteiger partial charge in [0.1, 0.15) is 0 Å². The summed E-state index contributed by atoms with van der Waals surface area (Å²) in [5.41, 5.74) is 0.636. The van der Waals surface area contributed by atoms with Gasteiger partial charge in [-0.25, -0.2) is 4.79 Å². The van der Waals surface area contributed by atoms with Crippen LogP contribution >= 0.6 is 23.2 Å². The second-order valence-corrected chi connectivity index (χ2v) is 4.79. The van der Waals surface area contributed by atoms with E-state index < -0.39 is 11.0 Å². The Kier molecular flexibility index (Phi) is 4.62. The van der Waals surface area contributed by atoms with Crippen molar-refractivity contribution in [3.8, 4) is 0 Å². The normalized spacial score (nSPS) is 10.0. The summed E-state index contributed by atoms with van der Waals surface area (Å²) in [7, 11) is 0. The van der Waals surface area contributed by atoms with Crippen molar-refractivity contribution in [1.29, 1.82) is 0 Å². The first-order chi connectivity index (χ1) is 9.97. The molecule has 0 heterocycles. The highest BCUT2D eigenvalue weighted by Crippen LogP contribution is 2.29. The van der Waals surface area contributed by atoms with E-state index in [0.29, 0.717) is 21.4 Å². The third kappa shape index (κ3) is 3.84. The molecule has 0 saturated carbocycles. The van der Waals surface area contributed by atoms with Crippen molar-refractivity contribution in [3.05, 3.63) is 62.6 Å². The van der Waals surface area contributed by atoms with Crippen molar-refractivity contribution >= 4 is 46.3 Å². The lowest BCUT2D eigenvalue weighted by molar-refractivity contribution is -0.384. The van der Waals surface area contributed by atoms with E-state index in [9.17, 15) is 14.9 Å². The number of nitro groups is 1. The fraction of sp³-hybridized carbons (Fsp3) is 0. The molecule has 0 bridgehead atoms. The van der Waals surface area contributed by atoms with Gasteiger partial charge in [0.05, 0.1) is 20.7 Å². The molecular weight excluding hydrogens is 317 g/mol. The summed E-state index contributed by atoms with van der Waals surface area (Å²) < 4.78 is 0. The molecule has 0 aliphatic heterocycles. The maximum absolute atomic E-state index is 11.8. The largest absolute Gasteiger partial charge is 0.323 e. The van der Waals surface area contributed by atoms with Gasteiger partial charge in [0, 0.05) is 17.8 Å². The Morgan fingerprint density at radius 2 is 1.57 bits per heavy atom. The van der Waals surface area contributed by atoms with Gasteiger partial charge in [-0.15, -0.1) is 0 Å². The number of carbonyl (C=O) groups is 1. The van der Waals surface area contributed by atoms with Gasteiger partial charge in [-0.1, -0.05) is 29.3 Å². The molecule has 0 aliphatic carbocycles. The summed E-state index contributed by atoms with van der Waals surface area (Å²) in [6.07, 6.45) is 0. The molecule has 2 aromatic carbocycles. The van der Waals surface area contributed by atoms with E-state index in [2.05, 4.69) is 10.6 Å². The molecule has 0 fully saturated rings. The molecule has 8 heteroatoms. The molecule has 2 N–H and O–H groups in total. The summed E-state index contributed by atoms with van der Waals surface area (Å²) in [5, 5.41) is 16.2. The maximum atomic E-state index is 11.8. The number of anilines is 2. The zero-order valence-corrected chi connectivity index (χ0v) is 12.0. The Labute approximate surface area is 129 Å². The number of nitrogens with one attached hydrogen (secondary N) is 2. The minimum atomic E-state index is -0.557. The van der Waals surface area contributed by atoms with Crippen LogP contribution in [0.25, 0.3) is 0 Å². The highest BCUT2D eigenvalue weighted by molar-refractivity contribution is 6.39. The van der Waals surface area contributed by atoms with E-state index in [1.54, 1.807) is 18.2 Å². The first kappa shape index (κ1) is 15.1. The number of non-ortho nitro benzene ring substituents is 1. The van der Waals surface area contributed by atoms with Crippen LogP contribution in [0.5, 0.6) is 0 Å². The second kappa shape index (κ2) is 6.43. The summed E-state index contributed by atoms with van der Waals surface area (Å²) in [6, 6.07) is 9.71. The van der Waals surface area contributed by atoms with Gasteiger partial charge in [-0.3, -0.25) is 10.1 Å². The predicted octanol–water partition coefficient (Wildman–Crippen LogP) is 4.55. The predicted molar refractivity (Wildman–Crippen MR) is 82.2 cm³/mol. The zero-order valence-electron chi connectivity index (χ0n) is 10.5. The molecule has 0 aromatic heterocycles. The highest BCUT2D eigenvalue weighted by atomic mass is 35.5. The summed E-state index contributed by atoms with van der Waals surface area (Å²) in [6.45, 7) is 0. The summed E-state index contributed by atoms with van der Waals surface area (Å²) >= 11 is 11.9. The molecule has 2 amide bonds. The first-order valence-corrected chi connectivity index (χ1v) is 6.49. The van der Waals surface area contributed by atoms with Crippen molar-refractivity contribution in [2.75, 3.05) is 10.6 Å². The van der Waals surface area contributed by atoms with E-state index in [1.807, 2.05) is 0 Å². The zero-order chi connectivity index (χ0) is 15.4. The molecule has 0 aliphatic rings. The number of para-hydroxylation sites is 1. The second-order valence-electron chi connectivity index (χ2n) is 3.98. The fourth-order valence-corrected chi connectivity index (χ4v) is 2.05. The molecule has 6 nitrogen and oxygen atoms in total. The van der Waals surface area contributed by atoms with Crippen LogP contribution in [0.2, 0.25) is 10.0 Å². The quantitative estimate of drug-likeness (QED) is 0.641. The number of nitrogens with zero attached hydrogens (tertiary/aromatic N) is 1. The topological polar surface area (TPSA) is 84.3 Å². The van der Waals surface area contributed by atoms with Crippen LogP contribution in [-0.2, 0) is 0 Å². The van der Waals surface area contributed by atoms with Gasteiger partial charge < -0.3 is 10.6 Å². The standard InChI is InChI=1S/C13H9Cl2N3O3/c14-10-2-1-3-11(15)12(10)17-13(19)16-8-4-6-9(7-5-8)18(20)21/h1-7H,(H2,16,17,19). The lowest BCUT2D eigenvalue weighted by Gasteiger charge is -2.10. The minimum Gasteiger partial charge on any atom is -0.308 e. The van der Waals surface area contributed by atoms with Crippen LogP contribution in [0.1, 0.15) is 0 Å². The molecule has 108 valence electrons. The van der Waals surface area contributed by atoms with Crippen molar-refractivity contribution in [3.63, 3.8) is 0 Å². The number of carbonyl (C=O) groups excluding carboxylic acids is 1. The van der Waals surface area contributed by atoms with Crippen LogP contribution in [0.3, 0.4) is 0 Å². The Morgan fingerprint density at radius 3 is 2.10 bits per heavy atom. The van der Waals surface area contributed by atoms with Crippen LogP contribution in [0.15, 0.2) is 42.5 Å². The van der Waals surface area contributed by atoms with Crippen molar-refractivity contribution in [1.82, 2.24) is 0 Å². The third-order valence-electron chi connectivity index (χ3n) is 2.54. The molecule has 0 spiro atoms. The Balaban J connectivity index is 2.06. The molecule has 0 saturated heterocycles. The number of benzene rings is 2. The number of nitro benzene ring substituents is 1. The Morgan fingerprint density at radius 1 is 1.00 bits per heavy atom. The number of halogens is 2. The molecule has 2 rings (SSSR count). The van der Waals surface area contributed by atoms with Gasteiger partial charge in [0.25, 0.3) is 5.69 Å². The van der Waals surface area contributed by atoms with E-state index in [0.717, 1.165) is 0 Å². The van der Waals surface area contributed by atoms with Gasteiger partial charge in [0.15, 0.2) is 0 Å². The van der Waals surface area contributed by atoms with Gasteiger partial charge in [-0.2, -0.15) is 0 Å². The van der Waals surface area contributed by atoms with Crippen molar-refractivity contribution in [2.45, 2.75) is 0 Å². The molecule has 0 atom stereocenters. The average Bonchev–Trinajstić information content (AvgIpc) is 2.43. The monoisotopic (exact) mass is 325 g/mol. The highest BCUT2D eigenvalue weighted by Gasteiger charge is 2.10. The summed E-state index contributed by atoms with van der Waals surface area (Å²) in [4.78, 5) is 21.8. The van der Waals surface area contributed by atoms with Crippen molar-refractivity contribution < 1.29 is 9.72 Å². The van der Waals surface area contributed by atoms with E-state index in [4.69, 9.17) is 23.2 Å². The number of hydrogen-bond acceptors (Lipinski definition) is 3. The Hall–Kier alpha value is -2.31. The lowest BCUT2D eigenvalue weighted by Crippen LogP contribution is -2.19. The maximum Gasteiger partial charge on any atom is 0.323 e. The van der Waals surface area contributed by atoms with Crippen LogP contribution < -0.4 is 10.6 Å². The number of hydrogen-bond donors (Lipinski definition) is 2. The Bertz CT molecular complexity index is 669. The average molecular weight is 326 g/mol. The first-order valence-electron chi connectivity index (χ1n) is 5.74. The van der Waals surface area contributed by atoms with Gasteiger partial charge >= 0.3 is 6.03 Å². The molecule has 0 unspecified atom stereocenters. The number of urea groups is 1. The van der Waals surface area contributed by atoms with Crippen LogP contribution in [-0.4, -0.2) is 11.0 Å². The van der Waals surface area contributed by atoms with E-state index in [1.165, 1.54) is 24.3 Å². The molecule has 2 aromatic rings. The van der Waals surface area contributed by atoms with Gasteiger partial charge in [0.2, 0.25) is 0 Å².